The van der Waals surface area contributed by atoms with E-state index in [1.54, 1.807) is 49.6 Å². The third kappa shape index (κ3) is 5.11. The van der Waals surface area contributed by atoms with Crippen LogP contribution in [0.15, 0.2) is 47.4 Å². The van der Waals surface area contributed by atoms with E-state index in [1.165, 1.54) is 17.9 Å². The molecule has 0 aliphatic carbocycles. The van der Waals surface area contributed by atoms with E-state index in [1.807, 2.05) is 6.92 Å². The number of H-pyrrole nitrogens is 1. The van der Waals surface area contributed by atoms with Crippen molar-refractivity contribution in [2.45, 2.75) is 13.0 Å². The van der Waals surface area contributed by atoms with Crippen LogP contribution in [-0.4, -0.2) is 57.0 Å². The summed E-state index contributed by atoms with van der Waals surface area (Å²) >= 11 is 0. The van der Waals surface area contributed by atoms with Gasteiger partial charge in [0.15, 0.2) is 11.5 Å². The first-order valence-corrected chi connectivity index (χ1v) is 12.4. The lowest BCUT2D eigenvalue weighted by molar-refractivity contribution is 0.310. The van der Waals surface area contributed by atoms with Crippen LogP contribution in [0.3, 0.4) is 0 Å². The Kier molecular flexibility index (Phi) is 7.27. The highest BCUT2D eigenvalue weighted by atomic mass is 32.2. The lowest BCUT2D eigenvalue weighted by atomic mass is 10.0. The molecular formula is C23H28N4O5S. The van der Waals surface area contributed by atoms with Crippen LogP contribution in [0.25, 0.3) is 16.6 Å². The topological polar surface area (TPSA) is 126 Å². The van der Waals surface area contributed by atoms with Crippen LogP contribution in [0.5, 0.6) is 11.5 Å². The normalized spacial score (nSPS) is 13.0. The summed E-state index contributed by atoms with van der Waals surface area (Å²) in [6.45, 7) is 2.24. The average Bonchev–Trinajstić information content (AvgIpc) is 3.11. The smallest absolute Gasteiger partial charge is 0.327 e. The van der Waals surface area contributed by atoms with E-state index in [9.17, 15) is 13.2 Å². The molecule has 0 aliphatic heterocycles. The number of hydrogen-bond donors (Lipinski definition) is 3. The van der Waals surface area contributed by atoms with Crippen molar-refractivity contribution in [1.29, 1.82) is 5.41 Å². The number of sulfone groups is 1. The van der Waals surface area contributed by atoms with Gasteiger partial charge in [0.1, 0.15) is 9.84 Å². The molecule has 0 aliphatic rings. The van der Waals surface area contributed by atoms with Gasteiger partial charge in [-0.1, -0.05) is 18.2 Å². The zero-order valence-electron chi connectivity index (χ0n) is 19.0. The van der Waals surface area contributed by atoms with Crippen molar-refractivity contribution in [3.05, 3.63) is 64.2 Å². The van der Waals surface area contributed by atoms with Crippen molar-refractivity contribution in [2.75, 3.05) is 32.8 Å². The van der Waals surface area contributed by atoms with Crippen LogP contribution < -0.4 is 20.5 Å². The number of allylic oxidation sites excluding steroid dienone is 1. The van der Waals surface area contributed by atoms with Gasteiger partial charge in [-0.25, -0.2) is 13.2 Å². The molecule has 33 heavy (non-hydrogen) atoms. The Morgan fingerprint density at radius 2 is 2.03 bits per heavy atom. The Morgan fingerprint density at radius 3 is 2.64 bits per heavy atom. The largest absolute Gasteiger partial charge is 0.493 e. The third-order valence-electron chi connectivity index (χ3n) is 5.16. The van der Waals surface area contributed by atoms with Gasteiger partial charge in [-0.05, 0) is 30.7 Å². The number of methoxy groups -OCH3 is 1. The summed E-state index contributed by atoms with van der Waals surface area (Å²) in [6.07, 6.45) is 3.98. The van der Waals surface area contributed by atoms with Crippen molar-refractivity contribution < 1.29 is 17.9 Å². The second-order valence-electron chi connectivity index (χ2n) is 7.48. The van der Waals surface area contributed by atoms with Crippen molar-refractivity contribution in [3.8, 4) is 11.5 Å². The van der Waals surface area contributed by atoms with Gasteiger partial charge in [0.05, 0.1) is 36.5 Å². The van der Waals surface area contributed by atoms with E-state index in [2.05, 4.69) is 10.3 Å². The Labute approximate surface area is 192 Å². The number of imidazole rings is 1. The monoisotopic (exact) mass is 472 g/mol. The molecule has 0 fully saturated rings. The van der Waals surface area contributed by atoms with Crippen LogP contribution >= 0.6 is 0 Å². The van der Waals surface area contributed by atoms with E-state index < -0.39 is 21.6 Å². The molecule has 0 amide bonds. The molecule has 0 spiro atoms. The first kappa shape index (κ1) is 24.1. The van der Waals surface area contributed by atoms with E-state index >= 15 is 0 Å². The Hall–Kier alpha value is -3.53. The van der Waals surface area contributed by atoms with E-state index in [4.69, 9.17) is 14.9 Å². The number of aromatic amines is 1. The highest BCUT2D eigenvalue weighted by molar-refractivity contribution is 7.90. The molecular weight excluding hydrogens is 444 g/mol. The standard InChI is InChI=1S/C23H28N4O5S/c1-5-32-21-11-15(9-10-20(21)31-3)19(14-33(4,29)30)27-18-8-6-7-17(16(12-24)13-25-2)22(18)26-23(27)28/h6-13,19,24-25H,5,14H2,1-4H3,(H,26,28)/b16-13+,24-12?. The minimum atomic E-state index is -3.47. The van der Waals surface area contributed by atoms with Gasteiger partial charge in [0.25, 0.3) is 0 Å². The van der Waals surface area contributed by atoms with Gasteiger partial charge in [0, 0.05) is 36.9 Å². The maximum Gasteiger partial charge on any atom is 0.327 e. The molecule has 0 saturated carbocycles. The Morgan fingerprint density at radius 1 is 1.27 bits per heavy atom. The number of fused-ring (bicyclic) bond motifs is 1. The summed E-state index contributed by atoms with van der Waals surface area (Å²) in [7, 11) is -0.221. The van der Waals surface area contributed by atoms with Gasteiger partial charge < -0.3 is 25.2 Å². The predicted octanol–water partition coefficient (Wildman–Crippen LogP) is 2.58. The van der Waals surface area contributed by atoms with Crippen LogP contribution in [0.4, 0.5) is 0 Å². The number of para-hydroxylation sites is 1. The molecule has 1 heterocycles. The zero-order chi connectivity index (χ0) is 24.2. The van der Waals surface area contributed by atoms with Gasteiger partial charge in [-0.3, -0.25) is 4.57 Å². The van der Waals surface area contributed by atoms with Crippen molar-refractivity contribution in [3.63, 3.8) is 0 Å². The van der Waals surface area contributed by atoms with E-state index in [-0.39, 0.29) is 5.75 Å². The second kappa shape index (κ2) is 9.95. The fourth-order valence-electron chi connectivity index (χ4n) is 3.83. The molecule has 1 atom stereocenters. The number of benzene rings is 2. The summed E-state index contributed by atoms with van der Waals surface area (Å²) in [6, 6.07) is 9.64. The summed E-state index contributed by atoms with van der Waals surface area (Å²) in [4.78, 5) is 16.0. The molecule has 0 bridgehead atoms. The number of aromatic nitrogens is 2. The summed E-state index contributed by atoms with van der Waals surface area (Å²) in [5.41, 5.74) is 2.41. The molecule has 10 heteroatoms. The lowest BCUT2D eigenvalue weighted by Crippen LogP contribution is -2.28. The van der Waals surface area contributed by atoms with Crippen LogP contribution in [-0.2, 0) is 9.84 Å². The molecule has 3 rings (SSSR count). The van der Waals surface area contributed by atoms with Crippen molar-refractivity contribution in [2.24, 2.45) is 0 Å². The molecule has 3 aromatic rings. The molecule has 9 nitrogen and oxygen atoms in total. The average molecular weight is 473 g/mol. The van der Waals surface area contributed by atoms with Gasteiger partial charge in [-0.15, -0.1) is 0 Å². The van der Waals surface area contributed by atoms with Crippen molar-refractivity contribution in [1.82, 2.24) is 14.9 Å². The van der Waals surface area contributed by atoms with Crippen LogP contribution in [0.1, 0.15) is 24.1 Å². The summed E-state index contributed by atoms with van der Waals surface area (Å²) in [5.74, 6) is 0.693. The quantitative estimate of drug-likeness (QED) is 0.389. The minimum Gasteiger partial charge on any atom is -0.493 e. The molecule has 176 valence electrons. The van der Waals surface area contributed by atoms with Gasteiger partial charge in [0.2, 0.25) is 0 Å². The van der Waals surface area contributed by atoms with Crippen molar-refractivity contribution >= 4 is 32.7 Å². The Bertz CT molecular complexity index is 1350. The fourth-order valence-corrected chi connectivity index (χ4v) is 4.74. The number of rotatable bonds is 10. The maximum absolute atomic E-state index is 13.2. The van der Waals surface area contributed by atoms with E-state index in [0.717, 1.165) is 6.26 Å². The second-order valence-corrected chi connectivity index (χ2v) is 9.67. The first-order valence-electron chi connectivity index (χ1n) is 10.3. The van der Waals surface area contributed by atoms with E-state index in [0.29, 0.717) is 45.8 Å². The molecule has 1 aromatic heterocycles. The van der Waals surface area contributed by atoms with Crippen LogP contribution in [0.2, 0.25) is 0 Å². The fraction of sp³-hybridized carbons (Fsp3) is 0.304. The highest BCUT2D eigenvalue weighted by Crippen LogP contribution is 2.33. The molecule has 0 radical (unpaired) electrons. The molecule has 2 aromatic carbocycles. The summed E-state index contributed by atoms with van der Waals surface area (Å²) < 4.78 is 37.2. The minimum absolute atomic E-state index is 0.286. The highest BCUT2D eigenvalue weighted by Gasteiger charge is 2.25. The first-order chi connectivity index (χ1) is 15.7. The molecule has 0 saturated heterocycles. The molecule has 3 N–H and O–H groups in total. The number of nitrogens with zero attached hydrogens (tertiary/aromatic N) is 1. The zero-order valence-corrected chi connectivity index (χ0v) is 19.8. The van der Waals surface area contributed by atoms with Crippen LogP contribution in [0, 0.1) is 5.41 Å². The number of nitrogens with one attached hydrogen (secondary N) is 3. The lowest BCUT2D eigenvalue weighted by Gasteiger charge is -2.20. The van der Waals surface area contributed by atoms with Gasteiger partial charge >= 0.3 is 5.69 Å². The number of ether oxygens (including phenoxy) is 2. The SMILES string of the molecule is CCOc1cc(C(CS(C)(=O)=O)n2c(=O)[nH]c3c(/C(C=N)=C/NC)cccc32)ccc1OC. The van der Waals surface area contributed by atoms with Gasteiger partial charge in [-0.2, -0.15) is 0 Å². The maximum atomic E-state index is 13.2. The summed E-state index contributed by atoms with van der Waals surface area (Å²) in [5, 5.41) is 10.6. The third-order valence-corrected chi connectivity index (χ3v) is 6.08. The Balaban J connectivity index is 2.29. The molecule has 1 unspecified atom stereocenters. The predicted molar refractivity (Wildman–Crippen MR) is 130 cm³/mol. The number of hydrogen-bond acceptors (Lipinski definition) is 7.